The number of aryl methyl sites for hydroxylation is 2. The Hall–Kier alpha value is -1.58. The summed E-state index contributed by atoms with van der Waals surface area (Å²) in [6, 6.07) is 14.2. The maximum Gasteiger partial charge on any atom is 0.0847 e. The summed E-state index contributed by atoms with van der Waals surface area (Å²) in [4.78, 5) is 4.32. The Labute approximate surface area is 124 Å². The molecule has 0 radical (unpaired) electrons. The number of pyridine rings is 1. The van der Waals surface area contributed by atoms with Gasteiger partial charge in [0.25, 0.3) is 0 Å². The van der Waals surface area contributed by atoms with Gasteiger partial charge in [0.1, 0.15) is 0 Å². The summed E-state index contributed by atoms with van der Waals surface area (Å²) >= 11 is 5.55. The van der Waals surface area contributed by atoms with E-state index in [1.807, 2.05) is 36.5 Å². The fourth-order valence-corrected chi connectivity index (χ4v) is 2.01. The fraction of sp³-hybridized carbons (Fsp3) is 0.312. The molecule has 4 heteroatoms. The maximum absolute atomic E-state index is 9.38. The Kier molecular flexibility index (Phi) is 5.84. The van der Waals surface area contributed by atoms with Crippen LogP contribution in [0.4, 0.5) is 5.69 Å². The average Bonchev–Trinajstić information content (AvgIpc) is 2.52. The molecule has 20 heavy (non-hydrogen) atoms. The Morgan fingerprint density at radius 2 is 1.90 bits per heavy atom. The number of nitrogens with one attached hydrogen (secondary N) is 1. The normalized spacial score (nSPS) is 12.1. The van der Waals surface area contributed by atoms with Crippen LogP contribution in [-0.2, 0) is 12.8 Å². The molecule has 2 aromatic rings. The van der Waals surface area contributed by atoms with Gasteiger partial charge in [0.2, 0.25) is 0 Å². The van der Waals surface area contributed by atoms with Crippen LogP contribution in [0.3, 0.4) is 0 Å². The second-order valence-corrected chi connectivity index (χ2v) is 5.02. The van der Waals surface area contributed by atoms with Crippen molar-refractivity contribution in [1.82, 2.24) is 4.98 Å². The molecule has 1 aromatic carbocycles. The molecule has 0 aliphatic carbocycles. The van der Waals surface area contributed by atoms with Crippen LogP contribution in [0.25, 0.3) is 0 Å². The van der Waals surface area contributed by atoms with E-state index in [1.54, 1.807) is 0 Å². The molecule has 2 N–H and O–H groups in total. The van der Waals surface area contributed by atoms with Gasteiger partial charge in [-0.3, -0.25) is 4.98 Å². The zero-order valence-electron chi connectivity index (χ0n) is 11.3. The Balaban J connectivity index is 1.82. The van der Waals surface area contributed by atoms with Crippen LogP contribution in [0.15, 0.2) is 48.7 Å². The van der Waals surface area contributed by atoms with Crippen LogP contribution in [0.1, 0.15) is 11.3 Å². The highest BCUT2D eigenvalue weighted by atomic mass is 35.5. The second kappa shape index (κ2) is 7.88. The smallest absolute Gasteiger partial charge is 0.0847 e. The lowest BCUT2D eigenvalue weighted by molar-refractivity contribution is 0.211. The summed E-state index contributed by atoms with van der Waals surface area (Å²) < 4.78 is 0. The van der Waals surface area contributed by atoms with Crippen LogP contribution >= 0.6 is 11.6 Å². The number of aromatic nitrogens is 1. The molecule has 1 unspecified atom stereocenters. The van der Waals surface area contributed by atoms with E-state index in [9.17, 15) is 5.11 Å². The summed E-state index contributed by atoms with van der Waals surface area (Å²) in [6.45, 7) is 0.469. The number of hydrogen-bond acceptors (Lipinski definition) is 3. The number of aliphatic hydroxyl groups excluding tert-OH is 1. The van der Waals surface area contributed by atoms with Gasteiger partial charge in [0.05, 0.1) is 12.0 Å². The molecule has 3 nitrogen and oxygen atoms in total. The third-order valence-electron chi connectivity index (χ3n) is 3.07. The van der Waals surface area contributed by atoms with Gasteiger partial charge in [-0.1, -0.05) is 18.2 Å². The van der Waals surface area contributed by atoms with Crippen molar-refractivity contribution in [3.05, 3.63) is 59.9 Å². The van der Waals surface area contributed by atoms with Gasteiger partial charge in [-0.05, 0) is 42.7 Å². The first-order valence-corrected chi connectivity index (χ1v) is 7.28. The van der Waals surface area contributed by atoms with E-state index in [1.165, 1.54) is 5.56 Å². The number of alkyl halides is 1. The number of rotatable bonds is 7. The molecule has 1 atom stereocenters. The molecule has 0 saturated carbocycles. The largest absolute Gasteiger partial charge is 0.390 e. The number of halogens is 1. The predicted octanol–water partition coefficient (Wildman–Crippen LogP) is 2.88. The molecule has 0 amide bonds. The van der Waals surface area contributed by atoms with Gasteiger partial charge < -0.3 is 10.4 Å². The minimum Gasteiger partial charge on any atom is -0.390 e. The SMILES string of the molecule is OC(CCl)CNc1ccc(CCc2ccccn2)cc1. The number of hydrogen-bond donors (Lipinski definition) is 2. The van der Waals surface area contributed by atoms with E-state index in [0.717, 1.165) is 24.2 Å². The second-order valence-electron chi connectivity index (χ2n) is 4.71. The first kappa shape index (κ1) is 14.8. The van der Waals surface area contributed by atoms with Gasteiger partial charge in [-0.15, -0.1) is 11.6 Å². The topological polar surface area (TPSA) is 45.1 Å². The lowest BCUT2D eigenvalue weighted by atomic mass is 10.1. The lowest BCUT2D eigenvalue weighted by Gasteiger charge is -2.10. The van der Waals surface area contributed by atoms with Gasteiger partial charge in [0.15, 0.2) is 0 Å². The standard InChI is InChI=1S/C16H19ClN2O/c17-11-16(20)12-19-15-8-5-13(6-9-15)4-7-14-3-1-2-10-18-14/h1-3,5-6,8-10,16,19-20H,4,7,11-12H2. The van der Waals surface area contributed by atoms with Crippen molar-refractivity contribution in [3.63, 3.8) is 0 Å². The van der Waals surface area contributed by atoms with Crippen molar-refractivity contribution < 1.29 is 5.11 Å². The molecular formula is C16H19ClN2O. The third kappa shape index (κ3) is 4.83. The average molecular weight is 291 g/mol. The molecule has 106 valence electrons. The van der Waals surface area contributed by atoms with Gasteiger partial charge in [-0.25, -0.2) is 0 Å². The molecule has 2 rings (SSSR count). The van der Waals surface area contributed by atoms with E-state index in [0.29, 0.717) is 6.54 Å². The summed E-state index contributed by atoms with van der Waals surface area (Å²) in [7, 11) is 0. The molecule has 1 heterocycles. The minimum absolute atomic E-state index is 0.245. The summed E-state index contributed by atoms with van der Waals surface area (Å²) in [5.74, 6) is 0.245. The van der Waals surface area contributed by atoms with Gasteiger partial charge in [0, 0.05) is 24.1 Å². The van der Waals surface area contributed by atoms with Crippen molar-refractivity contribution >= 4 is 17.3 Å². The van der Waals surface area contributed by atoms with Crippen molar-refractivity contribution in [2.24, 2.45) is 0 Å². The summed E-state index contributed by atoms with van der Waals surface area (Å²) in [5.41, 5.74) is 3.38. The van der Waals surface area contributed by atoms with Crippen LogP contribution in [0.5, 0.6) is 0 Å². The fourth-order valence-electron chi connectivity index (χ4n) is 1.90. The van der Waals surface area contributed by atoms with Gasteiger partial charge >= 0.3 is 0 Å². The van der Waals surface area contributed by atoms with Gasteiger partial charge in [-0.2, -0.15) is 0 Å². The van der Waals surface area contributed by atoms with E-state index >= 15 is 0 Å². The highest BCUT2D eigenvalue weighted by molar-refractivity contribution is 6.18. The quantitative estimate of drug-likeness (QED) is 0.771. The van der Waals surface area contributed by atoms with Crippen LogP contribution < -0.4 is 5.32 Å². The van der Waals surface area contributed by atoms with Crippen LogP contribution in [-0.4, -0.2) is 28.6 Å². The van der Waals surface area contributed by atoms with Crippen LogP contribution in [0, 0.1) is 0 Å². The highest BCUT2D eigenvalue weighted by Gasteiger charge is 2.01. The highest BCUT2D eigenvalue weighted by Crippen LogP contribution is 2.11. The molecule has 0 spiro atoms. The molecule has 0 fully saturated rings. The molecule has 1 aromatic heterocycles. The molecule has 0 bridgehead atoms. The first-order valence-electron chi connectivity index (χ1n) is 6.74. The number of benzene rings is 1. The molecule has 0 saturated heterocycles. The monoisotopic (exact) mass is 290 g/mol. The summed E-state index contributed by atoms with van der Waals surface area (Å²) in [5, 5.41) is 12.5. The number of aliphatic hydroxyl groups is 1. The van der Waals surface area contributed by atoms with Crippen LogP contribution in [0.2, 0.25) is 0 Å². The lowest BCUT2D eigenvalue weighted by Crippen LogP contribution is -2.20. The Bertz CT molecular complexity index is 502. The van der Waals surface area contributed by atoms with Crippen molar-refractivity contribution in [3.8, 4) is 0 Å². The van der Waals surface area contributed by atoms with Crippen molar-refractivity contribution in [2.75, 3.05) is 17.7 Å². The van der Waals surface area contributed by atoms with E-state index in [4.69, 9.17) is 11.6 Å². The third-order valence-corrected chi connectivity index (χ3v) is 3.43. The predicted molar refractivity (Wildman–Crippen MR) is 83.3 cm³/mol. The Morgan fingerprint density at radius 3 is 2.55 bits per heavy atom. The van der Waals surface area contributed by atoms with E-state index in [-0.39, 0.29) is 5.88 Å². The summed E-state index contributed by atoms with van der Waals surface area (Å²) in [6.07, 6.45) is 3.23. The van der Waals surface area contributed by atoms with Crippen molar-refractivity contribution in [2.45, 2.75) is 18.9 Å². The molecule has 0 aliphatic rings. The van der Waals surface area contributed by atoms with Crippen molar-refractivity contribution in [1.29, 1.82) is 0 Å². The zero-order chi connectivity index (χ0) is 14.2. The zero-order valence-corrected chi connectivity index (χ0v) is 12.1. The number of nitrogens with zero attached hydrogens (tertiary/aromatic N) is 1. The van der Waals surface area contributed by atoms with E-state index < -0.39 is 6.10 Å². The first-order chi connectivity index (χ1) is 9.78. The molecular weight excluding hydrogens is 272 g/mol. The maximum atomic E-state index is 9.38. The number of anilines is 1. The minimum atomic E-state index is -0.513. The molecule has 0 aliphatic heterocycles. The Morgan fingerprint density at radius 1 is 1.10 bits per heavy atom. The van der Waals surface area contributed by atoms with E-state index in [2.05, 4.69) is 22.4 Å².